The molecule has 0 aromatic carbocycles. The zero-order valence-electron chi connectivity index (χ0n) is 8.28. The van der Waals surface area contributed by atoms with Gasteiger partial charge in [0.1, 0.15) is 5.82 Å². The zero-order chi connectivity index (χ0) is 9.97. The van der Waals surface area contributed by atoms with Gasteiger partial charge in [-0.05, 0) is 19.8 Å². The van der Waals surface area contributed by atoms with Gasteiger partial charge in [-0.25, -0.2) is 4.98 Å². The second-order valence-electron chi connectivity index (χ2n) is 3.61. The Morgan fingerprint density at radius 2 is 2.29 bits per heavy atom. The highest BCUT2D eigenvalue weighted by Crippen LogP contribution is 2.26. The summed E-state index contributed by atoms with van der Waals surface area (Å²) in [7, 11) is 0. The highest BCUT2D eigenvalue weighted by molar-refractivity contribution is 9.09. The summed E-state index contributed by atoms with van der Waals surface area (Å²) in [4.78, 5) is 11.0. The second kappa shape index (κ2) is 4.26. The number of nitrogens with zero attached hydrogens (tertiary/aromatic N) is 3. The lowest BCUT2D eigenvalue weighted by atomic mass is 10.2. The maximum atomic E-state index is 4.40. The lowest BCUT2D eigenvalue weighted by Crippen LogP contribution is -2.31. The van der Waals surface area contributed by atoms with Crippen LogP contribution in [-0.2, 0) is 0 Å². The van der Waals surface area contributed by atoms with Gasteiger partial charge in [0.2, 0.25) is 0 Å². The molecule has 2 heterocycles. The Balaban J connectivity index is 2.26. The zero-order valence-corrected chi connectivity index (χ0v) is 9.87. The molecule has 0 spiro atoms. The van der Waals surface area contributed by atoms with Crippen LogP contribution in [-0.4, -0.2) is 27.9 Å². The predicted octanol–water partition coefficient (Wildman–Crippen LogP) is 2.15. The Kier molecular flexibility index (Phi) is 3.01. The van der Waals surface area contributed by atoms with Gasteiger partial charge in [0.05, 0.1) is 5.69 Å². The molecule has 0 radical (unpaired) electrons. The third-order valence-electron chi connectivity index (χ3n) is 2.68. The van der Waals surface area contributed by atoms with Crippen molar-refractivity contribution >= 4 is 21.7 Å². The standard InChI is InChI=1S/C10H14BrN3/c1-8-10(13-5-4-12-8)14-6-2-3-9(14)7-11/h4-5,9H,2-3,6-7H2,1H3. The lowest BCUT2D eigenvalue weighted by molar-refractivity contribution is 0.736. The van der Waals surface area contributed by atoms with Crippen molar-refractivity contribution in [1.82, 2.24) is 9.97 Å². The quantitative estimate of drug-likeness (QED) is 0.759. The van der Waals surface area contributed by atoms with Crippen LogP contribution in [0, 0.1) is 6.92 Å². The van der Waals surface area contributed by atoms with Crippen molar-refractivity contribution in [2.45, 2.75) is 25.8 Å². The van der Waals surface area contributed by atoms with Gasteiger partial charge >= 0.3 is 0 Å². The molecular weight excluding hydrogens is 242 g/mol. The Labute approximate surface area is 92.7 Å². The van der Waals surface area contributed by atoms with Gasteiger partial charge in [0.15, 0.2) is 0 Å². The minimum Gasteiger partial charge on any atom is -0.351 e. The summed E-state index contributed by atoms with van der Waals surface area (Å²) < 4.78 is 0. The number of aryl methyl sites for hydroxylation is 1. The average molecular weight is 256 g/mol. The van der Waals surface area contributed by atoms with E-state index in [9.17, 15) is 0 Å². The molecule has 1 unspecified atom stereocenters. The minimum atomic E-state index is 0.588. The topological polar surface area (TPSA) is 29.0 Å². The van der Waals surface area contributed by atoms with E-state index in [1.807, 2.05) is 6.92 Å². The van der Waals surface area contributed by atoms with Crippen LogP contribution in [0.3, 0.4) is 0 Å². The molecule has 0 amide bonds. The van der Waals surface area contributed by atoms with Crippen LogP contribution in [0.25, 0.3) is 0 Å². The Bertz CT molecular complexity index is 316. The fourth-order valence-electron chi connectivity index (χ4n) is 1.96. The summed E-state index contributed by atoms with van der Waals surface area (Å²) >= 11 is 3.55. The van der Waals surface area contributed by atoms with Crippen LogP contribution in [0.1, 0.15) is 18.5 Å². The molecule has 1 atom stereocenters. The second-order valence-corrected chi connectivity index (χ2v) is 4.26. The van der Waals surface area contributed by atoms with E-state index in [1.165, 1.54) is 12.8 Å². The Hall–Kier alpha value is -0.640. The number of aromatic nitrogens is 2. The first kappa shape index (κ1) is 9.90. The van der Waals surface area contributed by atoms with E-state index < -0.39 is 0 Å². The maximum absolute atomic E-state index is 4.40. The van der Waals surface area contributed by atoms with Crippen LogP contribution in [0.15, 0.2) is 12.4 Å². The van der Waals surface area contributed by atoms with E-state index in [1.54, 1.807) is 12.4 Å². The van der Waals surface area contributed by atoms with Gasteiger partial charge in [-0.2, -0.15) is 0 Å². The first-order valence-electron chi connectivity index (χ1n) is 4.93. The van der Waals surface area contributed by atoms with Gasteiger partial charge in [-0.15, -0.1) is 0 Å². The van der Waals surface area contributed by atoms with Gasteiger partial charge < -0.3 is 4.90 Å². The molecule has 0 N–H and O–H groups in total. The molecule has 1 aliphatic rings. The molecule has 76 valence electrons. The normalized spacial score (nSPS) is 21.6. The third-order valence-corrected chi connectivity index (χ3v) is 3.43. The molecule has 0 saturated carbocycles. The molecule has 1 fully saturated rings. The van der Waals surface area contributed by atoms with E-state index in [0.29, 0.717) is 6.04 Å². The smallest absolute Gasteiger partial charge is 0.150 e. The molecule has 1 aromatic rings. The maximum Gasteiger partial charge on any atom is 0.150 e. The molecule has 14 heavy (non-hydrogen) atoms. The summed E-state index contributed by atoms with van der Waals surface area (Å²) in [5.74, 6) is 1.05. The van der Waals surface area contributed by atoms with Gasteiger partial charge in [0, 0.05) is 30.3 Å². The number of anilines is 1. The highest BCUT2D eigenvalue weighted by Gasteiger charge is 2.25. The van der Waals surface area contributed by atoms with Crippen molar-refractivity contribution in [1.29, 1.82) is 0 Å². The monoisotopic (exact) mass is 255 g/mol. The molecule has 2 rings (SSSR count). The van der Waals surface area contributed by atoms with E-state index >= 15 is 0 Å². The molecule has 3 nitrogen and oxygen atoms in total. The summed E-state index contributed by atoms with van der Waals surface area (Å²) in [6, 6.07) is 0.588. The van der Waals surface area contributed by atoms with Crippen molar-refractivity contribution in [3.63, 3.8) is 0 Å². The molecule has 1 aromatic heterocycles. The van der Waals surface area contributed by atoms with Crippen LogP contribution in [0.5, 0.6) is 0 Å². The molecule has 1 aliphatic heterocycles. The van der Waals surface area contributed by atoms with E-state index in [0.717, 1.165) is 23.4 Å². The molecular formula is C10H14BrN3. The number of hydrogen-bond acceptors (Lipinski definition) is 3. The van der Waals surface area contributed by atoms with E-state index in [4.69, 9.17) is 0 Å². The Morgan fingerprint density at radius 3 is 3.00 bits per heavy atom. The third kappa shape index (κ3) is 1.75. The lowest BCUT2D eigenvalue weighted by Gasteiger charge is -2.24. The summed E-state index contributed by atoms with van der Waals surface area (Å²) in [6.45, 7) is 3.13. The summed E-state index contributed by atoms with van der Waals surface area (Å²) in [5, 5.41) is 1.02. The van der Waals surface area contributed by atoms with Gasteiger partial charge in [-0.3, -0.25) is 4.98 Å². The molecule has 1 saturated heterocycles. The number of halogens is 1. The SMILES string of the molecule is Cc1nccnc1N1CCCC1CBr. The molecule has 0 aliphatic carbocycles. The first-order valence-corrected chi connectivity index (χ1v) is 6.05. The summed E-state index contributed by atoms with van der Waals surface area (Å²) in [6.07, 6.45) is 6.03. The van der Waals surface area contributed by atoms with E-state index in [2.05, 4.69) is 30.8 Å². The van der Waals surface area contributed by atoms with Crippen molar-refractivity contribution in [2.24, 2.45) is 0 Å². The molecule has 4 heteroatoms. The minimum absolute atomic E-state index is 0.588. The van der Waals surface area contributed by atoms with Crippen LogP contribution >= 0.6 is 15.9 Å². The molecule has 0 bridgehead atoms. The average Bonchev–Trinajstić information content (AvgIpc) is 2.66. The van der Waals surface area contributed by atoms with Crippen LogP contribution < -0.4 is 4.90 Å². The Morgan fingerprint density at radius 1 is 1.50 bits per heavy atom. The fraction of sp³-hybridized carbons (Fsp3) is 0.600. The number of alkyl halides is 1. The predicted molar refractivity (Wildman–Crippen MR) is 60.9 cm³/mol. The van der Waals surface area contributed by atoms with Crippen molar-refractivity contribution in [3.05, 3.63) is 18.1 Å². The van der Waals surface area contributed by atoms with Crippen LogP contribution in [0.4, 0.5) is 5.82 Å². The number of rotatable bonds is 2. The van der Waals surface area contributed by atoms with Crippen molar-refractivity contribution in [3.8, 4) is 0 Å². The fourth-order valence-corrected chi connectivity index (χ4v) is 2.63. The van der Waals surface area contributed by atoms with Crippen molar-refractivity contribution in [2.75, 3.05) is 16.8 Å². The first-order chi connectivity index (χ1) is 6.83. The summed E-state index contributed by atoms with van der Waals surface area (Å²) in [5.41, 5.74) is 1.03. The van der Waals surface area contributed by atoms with E-state index in [-0.39, 0.29) is 0 Å². The number of hydrogen-bond donors (Lipinski definition) is 0. The van der Waals surface area contributed by atoms with Crippen molar-refractivity contribution < 1.29 is 0 Å². The van der Waals surface area contributed by atoms with Gasteiger partial charge in [-0.1, -0.05) is 15.9 Å². The highest BCUT2D eigenvalue weighted by atomic mass is 79.9. The van der Waals surface area contributed by atoms with Gasteiger partial charge in [0.25, 0.3) is 0 Å². The van der Waals surface area contributed by atoms with Crippen LogP contribution in [0.2, 0.25) is 0 Å². The largest absolute Gasteiger partial charge is 0.351 e.